The maximum atomic E-state index is 12.1. The van der Waals surface area contributed by atoms with Crippen molar-refractivity contribution >= 4 is 41.0 Å². The number of piperazine rings is 1. The molecular weight excluding hydrogens is 607 g/mol. The SMILES string of the molecule is COC(=O)CC1CCN(Cc2cc(Oc3cnc(N4CCN5C(=O)COCC5C4)nc3)nc(-c3cc(Cl)cc(Cl)c3)c2)CC1. The Morgan fingerprint density at radius 2 is 1.77 bits per heavy atom. The van der Waals surface area contributed by atoms with E-state index in [1.165, 1.54) is 7.11 Å². The molecular formula is C31H34Cl2N6O5. The highest BCUT2D eigenvalue weighted by molar-refractivity contribution is 6.35. The fraction of sp³-hybridized carbons (Fsp3) is 0.452. The molecule has 3 aromatic rings. The molecule has 3 fully saturated rings. The number of esters is 1. The summed E-state index contributed by atoms with van der Waals surface area (Å²) in [5.74, 6) is 1.64. The zero-order valence-corrected chi connectivity index (χ0v) is 26.0. The number of fused-ring (bicyclic) bond motifs is 1. The lowest BCUT2D eigenvalue weighted by Crippen LogP contribution is -2.60. The van der Waals surface area contributed by atoms with Gasteiger partial charge in [0.2, 0.25) is 17.7 Å². The number of anilines is 1. The number of aromatic nitrogens is 3. The minimum atomic E-state index is -0.154. The van der Waals surface area contributed by atoms with Crippen molar-refractivity contribution < 1.29 is 23.8 Å². The zero-order valence-electron chi connectivity index (χ0n) is 24.5. The predicted molar refractivity (Wildman–Crippen MR) is 165 cm³/mol. The highest BCUT2D eigenvalue weighted by atomic mass is 35.5. The van der Waals surface area contributed by atoms with Crippen molar-refractivity contribution in [3.63, 3.8) is 0 Å². The van der Waals surface area contributed by atoms with E-state index in [1.807, 2.05) is 29.2 Å². The van der Waals surface area contributed by atoms with Gasteiger partial charge in [-0.2, -0.15) is 0 Å². The number of morpholine rings is 1. The van der Waals surface area contributed by atoms with Crippen molar-refractivity contribution in [3.05, 3.63) is 58.3 Å². The summed E-state index contributed by atoms with van der Waals surface area (Å²) >= 11 is 12.6. The number of likely N-dealkylation sites (tertiary alicyclic amines) is 1. The van der Waals surface area contributed by atoms with Crippen LogP contribution in [0, 0.1) is 5.92 Å². The monoisotopic (exact) mass is 640 g/mol. The van der Waals surface area contributed by atoms with Gasteiger partial charge in [-0.25, -0.2) is 15.0 Å². The maximum absolute atomic E-state index is 12.1. The number of halogens is 2. The third-order valence-corrected chi connectivity index (χ3v) is 8.71. The van der Waals surface area contributed by atoms with Gasteiger partial charge in [-0.1, -0.05) is 23.2 Å². The number of rotatable bonds is 8. The summed E-state index contributed by atoms with van der Waals surface area (Å²) in [4.78, 5) is 44.0. The van der Waals surface area contributed by atoms with Gasteiger partial charge >= 0.3 is 5.97 Å². The topological polar surface area (TPSA) is 110 Å². The van der Waals surface area contributed by atoms with Crippen LogP contribution in [0.25, 0.3) is 11.3 Å². The van der Waals surface area contributed by atoms with Crippen molar-refractivity contribution in [1.82, 2.24) is 24.8 Å². The molecule has 0 aliphatic carbocycles. The van der Waals surface area contributed by atoms with Crippen LogP contribution in [-0.4, -0.2) is 95.7 Å². The third-order valence-electron chi connectivity index (χ3n) is 8.27. The Balaban J connectivity index is 1.17. The molecule has 1 unspecified atom stereocenters. The molecule has 232 valence electrons. The number of amides is 1. The summed E-state index contributed by atoms with van der Waals surface area (Å²) in [6.07, 6.45) is 5.59. The summed E-state index contributed by atoms with van der Waals surface area (Å²) < 4.78 is 16.5. The van der Waals surface area contributed by atoms with E-state index in [0.717, 1.165) is 37.1 Å². The molecule has 13 heteroatoms. The second-order valence-electron chi connectivity index (χ2n) is 11.4. The summed E-state index contributed by atoms with van der Waals surface area (Å²) in [7, 11) is 1.43. The van der Waals surface area contributed by atoms with Crippen LogP contribution in [0.1, 0.15) is 24.8 Å². The molecule has 0 spiro atoms. The molecule has 1 amide bonds. The molecule has 44 heavy (non-hydrogen) atoms. The molecule has 0 radical (unpaired) electrons. The second-order valence-corrected chi connectivity index (χ2v) is 12.3. The van der Waals surface area contributed by atoms with Crippen LogP contribution in [0.3, 0.4) is 0 Å². The van der Waals surface area contributed by atoms with Crippen molar-refractivity contribution in [2.24, 2.45) is 5.92 Å². The van der Waals surface area contributed by atoms with E-state index in [-0.39, 0.29) is 24.5 Å². The van der Waals surface area contributed by atoms with Gasteiger partial charge in [-0.05, 0) is 61.7 Å². The number of hydrogen-bond acceptors (Lipinski definition) is 10. The third kappa shape index (κ3) is 7.40. The summed E-state index contributed by atoms with van der Waals surface area (Å²) in [5, 5.41) is 1.03. The normalized spacial score (nSPS) is 19.5. The Morgan fingerprint density at radius 3 is 2.50 bits per heavy atom. The molecule has 11 nitrogen and oxygen atoms in total. The van der Waals surface area contributed by atoms with Crippen molar-refractivity contribution in [2.45, 2.75) is 31.8 Å². The lowest BCUT2D eigenvalue weighted by atomic mass is 9.93. The van der Waals surface area contributed by atoms with Gasteiger partial charge in [0, 0.05) is 54.3 Å². The van der Waals surface area contributed by atoms with Crippen LogP contribution in [0.4, 0.5) is 5.95 Å². The largest absolute Gasteiger partial charge is 0.469 e. The zero-order chi connectivity index (χ0) is 30.6. The first kappa shape index (κ1) is 30.5. The van der Waals surface area contributed by atoms with E-state index in [1.54, 1.807) is 18.5 Å². The molecule has 5 heterocycles. The Bertz CT molecular complexity index is 1480. The summed E-state index contributed by atoms with van der Waals surface area (Å²) in [5.41, 5.74) is 2.48. The van der Waals surface area contributed by atoms with E-state index in [0.29, 0.717) is 78.4 Å². The fourth-order valence-electron chi connectivity index (χ4n) is 6.00. The Kier molecular flexibility index (Phi) is 9.46. The Morgan fingerprint density at radius 1 is 1.02 bits per heavy atom. The average molecular weight is 642 g/mol. The van der Waals surface area contributed by atoms with Gasteiger partial charge in [0.15, 0.2) is 5.75 Å². The van der Waals surface area contributed by atoms with Crippen LogP contribution in [0.15, 0.2) is 42.7 Å². The number of hydrogen-bond donors (Lipinski definition) is 0. The van der Waals surface area contributed by atoms with Gasteiger partial charge in [-0.3, -0.25) is 14.5 Å². The molecule has 1 aromatic carbocycles. The maximum Gasteiger partial charge on any atom is 0.305 e. The summed E-state index contributed by atoms with van der Waals surface area (Å²) in [6, 6.07) is 9.27. The van der Waals surface area contributed by atoms with Crippen LogP contribution in [-0.2, 0) is 25.6 Å². The number of carbonyl (C=O) groups is 2. The number of nitrogens with zero attached hydrogens (tertiary/aromatic N) is 6. The highest BCUT2D eigenvalue weighted by Gasteiger charge is 2.34. The molecule has 3 aliphatic heterocycles. The first-order chi connectivity index (χ1) is 21.3. The fourth-order valence-corrected chi connectivity index (χ4v) is 6.52. The number of carbonyl (C=O) groups excluding carboxylic acids is 2. The second kappa shape index (κ2) is 13.6. The Labute approximate surface area is 266 Å². The minimum Gasteiger partial charge on any atom is -0.469 e. The van der Waals surface area contributed by atoms with E-state index < -0.39 is 0 Å². The first-order valence-electron chi connectivity index (χ1n) is 14.7. The number of piperidine rings is 1. The van der Waals surface area contributed by atoms with Crippen molar-refractivity contribution in [2.75, 3.05) is 57.9 Å². The quantitative estimate of drug-likeness (QED) is 0.327. The van der Waals surface area contributed by atoms with Crippen LogP contribution in [0.2, 0.25) is 10.0 Å². The highest BCUT2D eigenvalue weighted by Crippen LogP contribution is 2.31. The molecule has 0 saturated carbocycles. The average Bonchev–Trinajstić information content (AvgIpc) is 3.02. The van der Waals surface area contributed by atoms with E-state index >= 15 is 0 Å². The molecule has 3 saturated heterocycles. The first-order valence-corrected chi connectivity index (χ1v) is 15.5. The smallest absolute Gasteiger partial charge is 0.305 e. The van der Waals surface area contributed by atoms with Gasteiger partial charge < -0.3 is 24.0 Å². The number of pyridine rings is 1. The van der Waals surface area contributed by atoms with Gasteiger partial charge in [0.25, 0.3) is 0 Å². The Hall–Kier alpha value is -3.51. The van der Waals surface area contributed by atoms with Crippen LogP contribution >= 0.6 is 23.2 Å². The van der Waals surface area contributed by atoms with E-state index in [2.05, 4.69) is 19.8 Å². The molecule has 3 aliphatic rings. The lowest BCUT2D eigenvalue weighted by Gasteiger charge is -2.43. The van der Waals surface area contributed by atoms with Crippen molar-refractivity contribution in [3.8, 4) is 22.9 Å². The molecule has 2 aromatic heterocycles. The van der Waals surface area contributed by atoms with Crippen LogP contribution in [0.5, 0.6) is 11.6 Å². The summed E-state index contributed by atoms with van der Waals surface area (Å²) in [6.45, 7) is 4.99. The van der Waals surface area contributed by atoms with Gasteiger partial charge in [0.1, 0.15) is 6.61 Å². The van der Waals surface area contributed by atoms with Crippen LogP contribution < -0.4 is 9.64 Å². The minimum absolute atomic E-state index is 0.00600. The predicted octanol–water partition coefficient (Wildman–Crippen LogP) is 4.46. The van der Waals surface area contributed by atoms with E-state index in [4.69, 9.17) is 42.4 Å². The molecule has 1 atom stereocenters. The number of benzene rings is 1. The molecule has 0 N–H and O–H groups in total. The molecule has 6 rings (SSSR count). The van der Waals surface area contributed by atoms with Gasteiger partial charge in [-0.15, -0.1) is 0 Å². The van der Waals surface area contributed by atoms with E-state index in [9.17, 15) is 9.59 Å². The lowest BCUT2D eigenvalue weighted by molar-refractivity contribution is -0.148. The van der Waals surface area contributed by atoms with Gasteiger partial charge in [0.05, 0.1) is 37.8 Å². The molecule has 0 bridgehead atoms. The number of ether oxygens (including phenoxy) is 3. The van der Waals surface area contributed by atoms with Crippen molar-refractivity contribution in [1.29, 1.82) is 0 Å². The number of methoxy groups -OCH3 is 1. The standard InChI is InChI=1S/C31H34Cl2N6O5/c1-42-30(41)10-20-2-4-37(5-3-20)16-21-8-27(22-11-23(32)13-24(33)12-22)36-28(9-21)44-26-14-34-31(35-15-26)38-6-7-39-25(17-38)18-43-19-29(39)40/h8-9,11-15,20,25H,2-7,10,16-19H2,1H3.